The van der Waals surface area contributed by atoms with E-state index in [9.17, 15) is 9.42 Å². The molecule has 1 aliphatic rings. The summed E-state index contributed by atoms with van der Waals surface area (Å²) < 4.78 is 19.7. The molecular weight excluding hydrogens is 322 g/mol. The topological polar surface area (TPSA) is 76.1 Å². The molecule has 1 atom stereocenters. The van der Waals surface area contributed by atoms with Crippen molar-refractivity contribution in [2.75, 3.05) is 6.54 Å². The van der Waals surface area contributed by atoms with Crippen LogP contribution in [0.4, 0.5) is 0 Å². The van der Waals surface area contributed by atoms with Crippen LogP contribution in [-0.4, -0.2) is 17.1 Å². The van der Waals surface area contributed by atoms with Gasteiger partial charge in [-0.2, -0.15) is 10.6 Å². The largest absolute Gasteiger partial charge is 0.444 e. The first-order valence-electron chi connectivity index (χ1n) is 8.27. The van der Waals surface area contributed by atoms with Crippen LogP contribution in [0.25, 0.3) is 0 Å². The third-order valence-corrected chi connectivity index (χ3v) is 5.78. The maximum Gasteiger partial charge on any atom is 0.0699 e. The highest BCUT2D eigenvalue weighted by atomic mass is 32.2. The fourth-order valence-corrected chi connectivity index (χ4v) is 4.06. The second-order valence-electron chi connectivity index (χ2n) is 8.63. The maximum absolute atomic E-state index is 12.7. The van der Waals surface area contributed by atoms with Crippen molar-refractivity contribution < 1.29 is 9.42 Å². The van der Waals surface area contributed by atoms with E-state index in [4.69, 9.17) is 4.78 Å². The number of benzene rings is 1. The summed E-state index contributed by atoms with van der Waals surface area (Å²) in [6.07, 6.45) is 0. The molecule has 0 spiro atoms. The summed E-state index contributed by atoms with van der Waals surface area (Å²) in [6, 6.07) is 5.84. The van der Waals surface area contributed by atoms with Gasteiger partial charge < -0.3 is 14.3 Å². The molecule has 0 amide bonds. The number of hydroxylamine groups is 2. The number of nitrogens with one attached hydrogen (secondary N) is 2. The normalized spacial score (nSPS) is 21.0. The van der Waals surface area contributed by atoms with Gasteiger partial charge in [0.1, 0.15) is 0 Å². The van der Waals surface area contributed by atoms with E-state index in [-0.39, 0.29) is 5.54 Å². The molecule has 0 fully saturated rings. The zero-order valence-corrected chi connectivity index (χ0v) is 16.5. The summed E-state index contributed by atoms with van der Waals surface area (Å²) >= 11 is 0. The van der Waals surface area contributed by atoms with Crippen molar-refractivity contribution in [2.45, 2.75) is 70.3 Å². The summed E-state index contributed by atoms with van der Waals surface area (Å²) in [4.78, 5) is 0. The Balaban J connectivity index is 2.45. The van der Waals surface area contributed by atoms with Crippen LogP contribution in [0.1, 0.15) is 70.4 Å². The Kier molecular flexibility index (Phi) is 4.92. The van der Waals surface area contributed by atoms with Gasteiger partial charge in [-0.1, -0.05) is 23.8 Å². The third-order valence-electron chi connectivity index (χ3n) is 4.83. The molecule has 6 heteroatoms. The molecule has 0 saturated heterocycles. The highest BCUT2D eigenvalue weighted by molar-refractivity contribution is 7.73. The number of hydrogen-bond donors (Lipinski definition) is 2. The monoisotopic (exact) mass is 351 g/mol. The fourth-order valence-electron chi connectivity index (χ4n) is 3.44. The maximum atomic E-state index is 12.7. The zero-order valence-electron chi connectivity index (χ0n) is 15.7. The molecule has 1 aromatic carbocycles. The van der Waals surface area contributed by atoms with Crippen molar-refractivity contribution in [1.29, 1.82) is 4.78 Å². The van der Waals surface area contributed by atoms with Gasteiger partial charge in [-0.25, -0.2) is 0 Å². The first-order chi connectivity index (χ1) is 10.8. The highest BCUT2D eigenvalue weighted by Crippen LogP contribution is 2.48. The lowest BCUT2D eigenvalue weighted by atomic mass is 9.88. The van der Waals surface area contributed by atoms with Crippen LogP contribution in [0, 0.1) is 4.78 Å². The fraction of sp³-hybridized carbons (Fsp3) is 0.667. The van der Waals surface area contributed by atoms with Gasteiger partial charge >= 0.3 is 0 Å². The minimum Gasteiger partial charge on any atom is -0.444 e. The van der Waals surface area contributed by atoms with E-state index >= 15 is 0 Å². The molecular formula is C18H29N3O2S-. The van der Waals surface area contributed by atoms with E-state index in [0.29, 0.717) is 6.54 Å². The van der Waals surface area contributed by atoms with Crippen LogP contribution >= 0.6 is 0 Å². The Morgan fingerprint density at radius 3 is 2.21 bits per heavy atom. The molecule has 1 aliphatic heterocycles. The summed E-state index contributed by atoms with van der Waals surface area (Å²) in [5, 5.41) is 16.7. The summed E-state index contributed by atoms with van der Waals surface area (Å²) in [5.74, 6) is 0. The van der Waals surface area contributed by atoms with Crippen molar-refractivity contribution in [3.05, 3.63) is 34.9 Å². The molecule has 0 aromatic heterocycles. The molecule has 5 nitrogen and oxygen atoms in total. The van der Waals surface area contributed by atoms with Crippen LogP contribution in [0.2, 0.25) is 0 Å². The first kappa shape index (κ1) is 19.4. The average Bonchev–Trinajstić information content (AvgIpc) is 2.56. The van der Waals surface area contributed by atoms with Crippen LogP contribution in [0.5, 0.6) is 0 Å². The van der Waals surface area contributed by atoms with Crippen molar-refractivity contribution in [3.63, 3.8) is 0 Å². The van der Waals surface area contributed by atoms with Crippen LogP contribution in [-0.2, 0) is 31.1 Å². The Labute approximate surface area is 147 Å². The summed E-state index contributed by atoms with van der Waals surface area (Å²) in [6.45, 7) is 14.3. The van der Waals surface area contributed by atoms with Gasteiger partial charge in [0.2, 0.25) is 0 Å². The van der Waals surface area contributed by atoms with Crippen LogP contribution < -0.4 is 5.32 Å². The lowest BCUT2D eigenvalue weighted by Crippen LogP contribution is -2.41. The lowest BCUT2D eigenvalue weighted by molar-refractivity contribution is -0.266. The molecule has 0 bridgehead atoms. The minimum atomic E-state index is -1.74. The van der Waals surface area contributed by atoms with Gasteiger partial charge in [0, 0.05) is 5.54 Å². The molecule has 2 rings (SSSR count). The molecule has 2 N–H and O–H groups in total. The zero-order chi connectivity index (χ0) is 18.5. The molecule has 135 valence electrons. The van der Waals surface area contributed by atoms with E-state index < -0.39 is 26.9 Å². The van der Waals surface area contributed by atoms with Crippen LogP contribution in [0.3, 0.4) is 0 Å². The van der Waals surface area contributed by atoms with E-state index in [1.165, 1.54) is 0 Å². The van der Waals surface area contributed by atoms with Crippen molar-refractivity contribution in [2.24, 2.45) is 0 Å². The Morgan fingerprint density at radius 1 is 1.17 bits per heavy atom. The Hall–Kier alpha value is -0.950. The standard InChI is InChI=1S/C18H29N3O2S/c1-16(2,3)20-11-15(24(19)23)12-8-9-13-14(10-12)18(6,7)21(22)17(13,4)5/h8-10,15,19-20H,11H2,1-7H3/q-1. The van der Waals surface area contributed by atoms with E-state index in [1.54, 1.807) is 0 Å². The van der Waals surface area contributed by atoms with Gasteiger partial charge in [0.05, 0.1) is 11.1 Å². The first-order valence-corrected chi connectivity index (χ1v) is 9.49. The minimum absolute atomic E-state index is 0.110. The predicted molar refractivity (Wildman–Crippen MR) is 96.3 cm³/mol. The van der Waals surface area contributed by atoms with Crippen LogP contribution in [0.15, 0.2) is 18.2 Å². The summed E-state index contributed by atoms with van der Waals surface area (Å²) in [7, 11) is -1.74. The van der Waals surface area contributed by atoms with E-state index in [2.05, 4.69) is 5.32 Å². The second-order valence-corrected chi connectivity index (χ2v) is 9.80. The van der Waals surface area contributed by atoms with Crippen molar-refractivity contribution in [3.8, 4) is 0 Å². The van der Waals surface area contributed by atoms with Crippen molar-refractivity contribution >= 4 is 10.6 Å². The molecule has 1 unspecified atom stereocenters. The molecule has 1 heterocycles. The second kappa shape index (κ2) is 6.09. The Bertz CT molecular complexity index is 695. The Morgan fingerprint density at radius 2 is 1.71 bits per heavy atom. The van der Waals surface area contributed by atoms with Gasteiger partial charge in [0.15, 0.2) is 0 Å². The highest BCUT2D eigenvalue weighted by Gasteiger charge is 2.49. The molecule has 1 radical (unpaired) electrons. The van der Waals surface area contributed by atoms with E-state index in [0.717, 1.165) is 21.8 Å². The van der Waals surface area contributed by atoms with E-state index in [1.807, 2.05) is 66.7 Å². The number of rotatable bonds is 4. The third kappa shape index (κ3) is 3.38. The van der Waals surface area contributed by atoms with Crippen molar-refractivity contribution in [1.82, 2.24) is 10.4 Å². The van der Waals surface area contributed by atoms with Gasteiger partial charge in [0.25, 0.3) is 0 Å². The molecule has 1 aromatic rings. The average molecular weight is 352 g/mol. The number of hydrogen-bond acceptors (Lipinski definition) is 5. The molecule has 24 heavy (non-hydrogen) atoms. The van der Waals surface area contributed by atoms with Gasteiger partial charge in [-0.05, 0) is 71.4 Å². The SMILES string of the molecule is CC(C)(C)NCC(c1ccc2c(c1)C(C)(C)N([O])C2(C)C)[S-](=N)=O. The summed E-state index contributed by atoms with van der Waals surface area (Å²) in [5.41, 5.74) is 1.48. The van der Waals surface area contributed by atoms with Gasteiger partial charge in [-0.15, -0.1) is 10.3 Å². The number of nitrogens with zero attached hydrogens (tertiary/aromatic N) is 1. The molecule has 0 aliphatic carbocycles. The van der Waals surface area contributed by atoms with Gasteiger partial charge in [-0.3, -0.25) is 0 Å². The molecule has 0 saturated carbocycles. The number of fused-ring (bicyclic) bond motifs is 1. The lowest BCUT2D eigenvalue weighted by Gasteiger charge is -2.32. The smallest absolute Gasteiger partial charge is 0.0699 e. The predicted octanol–water partition coefficient (Wildman–Crippen LogP) is 3.97. The quantitative estimate of drug-likeness (QED) is 0.806.